The standard InChI is InChI=1S/C17H25N3O2S/c1-13-3-4-16(22-13)17-19-12-15(23-17)11-18-7-2-8-20-9-5-14(21)6-10-20/h3-4,12,14,18,21H,2,5-11H2,1H3. The highest BCUT2D eigenvalue weighted by atomic mass is 32.1. The number of thiazole rings is 1. The minimum absolute atomic E-state index is 0.0807. The lowest BCUT2D eigenvalue weighted by Crippen LogP contribution is -2.37. The third-order valence-electron chi connectivity index (χ3n) is 4.19. The molecule has 0 radical (unpaired) electrons. The molecule has 0 atom stereocenters. The van der Waals surface area contributed by atoms with Gasteiger partial charge in [-0.1, -0.05) is 0 Å². The van der Waals surface area contributed by atoms with Crippen LogP contribution in [-0.2, 0) is 6.54 Å². The first-order valence-electron chi connectivity index (χ1n) is 8.33. The molecule has 126 valence electrons. The van der Waals surface area contributed by atoms with Crippen molar-refractivity contribution in [3.8, 4) is 10.8 Å². The molecule has 0 aliphatic carbocycles. The van der Waals surface area contributed by atoms with Gasteiger partial charge in [0.15, 0.2) is 10.8 Å². The van der Waals surface area contributed by atoms with Crippen LogP contribution in [0.2, 0.25) is 0 Å². The van der Waals surface area contributed by atoms with E-state index >= 15 is 0 Å². The van der Waals surface area contributed by atoms with E-state index in [0.717, 1.165) is 68.5 Å². The number of rotatable bonds is 7. The van der Waals surface area contributed by atoms with Gasteiger partial charge in [0, 0.05) is 30.7 Å². The van der Waals surface area contributed by atoms with Crippen molar-refractivity contribution in [2.24, 2.45) is 0 Å². The summed E-state index contributed by atoms with van der Waals surface area (Å²) in [4.78, 5) is 8.11. The summed E-state index contributed by atoms with van der Waals surface area (Å²) < 4.78 is 5.60. The molecule has 3 rings (SSSR count). The Morgan fingerprint density at radius 2 is 2.22 bits per heavy atom. The Balaban J connectivity index is 1.34. The van der Waals surface area contributed by atoms with Gasteiger partial charge in [-0.05, 0) is 51.4 Å². The molecule has 1 aliphatic heterocycles. The Bertz CT molecular complexity index is 603. The highest BCUT2D eigenvalue weighted by molar-refractivity contribution is 7.14. The van der Waals surface area contributed by atoms with E-state index in [2.05, 4.69) is 15.2 Å². The number of hydrogen-bond acceptors (Lipinski definition) is 6. The smallest absolute Gasteiger partial charge is 0.162 e. The molecule has 0 unspecified atom stereocenters. The third-order valence-corrected chi connectivity index (χ3v) is 5.20. The van der Waals surface area contributed by atoms with Gasteiger partial charge in [-0.15, -0.1) is 11.3 Å². The molecule has 1 fully saturated rings. The second-order valence-corrected chi connectivity index (χ2v) is 7.26. The number of hydrogen-bond donors (Lipinski definition) is 2. The Morgan fingerprint density at radius 1 is 1.39 bits per heavy atom. The van der Waals surface area contributed by atoms with Gasteiger partial charge in [0.05, 0.1) is 6.10 Å². The van der Waals surface area contributed by atoms with Gasteiger partial charge in [-0.25, -0.2) is 4.98 Å². The number of nitrogens with one attached hydrogen (secondary N) is 1. The largest absolute Gasteiger partial charge is 0.459 e. The topological polar surface area (TPSA) is 61.5 Å². The van der Waals surface area contributed by atoms with E-state index in [4.69, 9.17) is 4.42 Å². The van der Waals surface area contributed by atoms with Crippen LogP contribution in [0.4, 0.5) is 0 Å². The highest BCUT2D eigenvalue weighted by Crippen LogP contribution is 2.26. The van der Waals surface area contributed by atoms with E-state index < -0.39 is 0 Å². The molecule has 23 heavy (non-hydrogen) atoms. The maximum absolute atomic E-state index is 9.50. The molecule has 6 heteroatoms. The average molecular weight is 335 g/mol. The van der Waals surface area contributed by atoms with E-state index in [1.807, 2.05) is 25.3 Å². The van der Waals surface area contributed by atoms with Crippen molar-refractivity contribution >= 4 is 11.3 Å². The van der Waals surface area contributed by atoms with Gasteiger partial charge < -0.3 is 19.7 Å². The maximum atomic E-state index is 9.50. The Hall–Kier alpha value is -1.21. The molecule has 0 amide bonds. The molecular formula is C17H25N3O2S. The third kappa shape index (κ3) is 4.88. The van der Waals surface area contributed by atoms with Crippen LogP contribution in [-0.4, -0.2) is 47.3 Å². The fourth-order valence-corrected chi connectivity index (χ4v) is 3.68. The lowest BCUT2D eigenvalue weighted by molar-refractivity contribution is 0.0821. The van der Waals surface area contributed by atoms with Gasteiger partial charge in [0.1, 0.15) is 5.76 Å². The fourth-order valence-electron chi connectivity index (χ4n) is 2.83. The summed E-state index contributed by atoms with van der Waals surface area (Å²) in [5.41, 5.74) is 0. The molecule has 2 N–H and O–H groups in total. The van der Waals surface area contributed by atoms with Crippen LogP contribution in [0, 0.1) is 6.92 Å². The minimum Gasteiger partial charge on any atom is -0.459 e. The lowest BCUT2D eigenvalue weighted by atomic mass is 10.1. The monoisotopic (exact) mass is 335 g/mol. The summed E-state index contributed by atoms with van der Waals surface area (Å²) in [6.45, 7) is 6.98. The highest BCUT2D eigenvalue weighted by Gasteiger charge is 2.16. The van der Waals surface area contributed by atoms with Gasteiger partial charge in [0.2, 0.25) is 0 Å². The molecule has 0 bridgehead atoms. The van der Waals surface area contributed by atoms with Gasteiger partial charge in [-0.3, -0.25) is 0 Å². The summed E-state index contributed by atoms with van der Waals surface area (Å²) in [5.74, 6) is 1.77. The first kappa shape index (κ1) is 16.6. The molecule has 2 aromatic heterocycles. The second kappa shape index (κ2) is 8.06. The number of nitrogens with zero attached hydrogens (tertiary/aromatic N) is 2. The van der Waals surface area contributed by atoms with Crippen LogP contribution in [0.5, 0.6) is 0 Å². The predicted molar refractivity (Wildman–Crippen MR) is 92.6 cm³/mol. The van der Waals surface area contributed by atoms with Crippen LogP contribution >= 0.6 is 11.3 Å². The molecule has 0 aromatic carbocycles. The fraction of sp³-hybridized carbons (Fsp3) is 0.588. The van der Waals surface area contributed by atoms with Crippen LogP contribution in [0.15, 0.2) is 22.7 Å². The normalized spacial score (nSPS) is 17.0. The molecule has 1 saturated heterocycles. The molecule has 2 aromatic rings. The quantitative estimate of drug-likeness (QED) is 0.762. The molecule has 3 heterocycles. The van der Waals surface area contributed by atoms with Crippen LogP contribution in [0.25, 0.3) is 10.8 Å². The van der Waals surface area contributed by atoms with E-state index in [1.54, 1.807) is 11.3 Å². The lowest BCUT2D eigenvalue weighted by Gasteiger charge is -2.29. The van der Waals surface area contributed by atoms with E-state index in [1.165, 1.54) is 4.88 Å². The Kier molecular flexibility index (Phi) is 5.83. The predicted octanol–water partition coefficient (Wildman–Crippen LogP) is 2.65. The molecule has 0 saturated carbocycles. The zero-order valence-corrected chi connectivity index (χ0v) is 14.4. The summed E-state index contributed by atoms with van der Waals surface area (Å²) in [6, 6.07) is 3.94. The van der Waals surface area contributed by atoms with Crippen molar-refractivity contribution in [2.75, 3.05) is 26.2 Å². The number of aliphatic hydroxyl groups is 1. The number of aryl methyl sites for hydroxylation is 1. The van der Waals surface area contributed by atoms with Crippen LogP contribution < -0.4 is 5.32 Å². The summed E-state index contributed by atoms with van der Waals surface area (Å²) in [5, 5.41) is 13.9. The number of furan rings is 1. The van der Waals surface area contributed by atoms with Crippen LogP contribution in [0.3, 0.4) is 0 Å². The molecule has 1 aliphatic rings. The van der Waals surface area contributed by atoms with Crippen molar-refractivity contribution in [1.29, 1.82) is 0 Å². The Labute approximate surface area is 141 Å². The number of aromatic nitrogens is 1. The van der Waals surface area contributed by atoms with E-state index in [9.17, 15) is 5.11 Å². The van der Waals surface area contributed by atoms with Gasteiger partial charge in [0.25, 0.3) is 0 Å². The van der Waals surface area contributed by atoms with Gasteiger partial charge in [-0.2, -0.15) is 0 Å². The van der Waals surface area contributed by atoms with E-state index in [0.29, 0.717) is 0 Å². The van der Waals surface area contributed by atoms with Crippen molar-refractivity contribution in [1.82, 2.24) is 15.2 Å². The number of piperidine rings is 1. The van der Waals surface area contributed by atoms with E-state index in [-0.39, 0.29) is 6.10 Å². The first-order chi connectivity index (χ1) is 11.2. The average Bonchev–Trinajstić information content (AvgIpc) is 3.18. The van der Waals surface area contributed by atoms with Crippen molar-refractivity contribution in [3.63, 3.8) is 0 Å². The number of likely N-dealkylation sites (tertiary alicyclic amines) is 1. The summed E-state index contributed by atoms with van der Waals surface area (Å²) >= 11 is 1.68. The molecular weight excluding hydrogens is 310 g/mol. The zero-order chi connectivity index (χ0) is 16.1. The van der Waals surface area contributed by atoms with Crippen molar-refractivity contribution in [2.45, 2.75) is 38.8 Å². The SMILES string of the molecule is Cc1ccc(-c2ncc(CNCCCN3CCC(O)CC3)s2)o1. The summed E-state index contributed by atoms with van der Waals surface area (Å²) in [6.07, 6.45) is 4.82. The minimum atomic E-state index is -0.0807. The van der Waals surface area contributed by atoms with Gasteiger partial charge >= 0.3 is 0 Å². The van der Waals surface area contributed by atoms with Crippen molar-refractivity contribution < 1.29 is 9.52 Å². The zero-order valence-electron chi connectivity index (χ0n) is 13.6. The summed E-state index contributed by atoms with van der Waals surface area (Å²) in [7, 11) is 0. The number of aliphatic hydroxyl groups excluding tert-OH is 1. The Morgan fingerprint density at radius 3 is 2.96 bits per heavy atom. The molecule has 0 spiro atoms. The molecule has 5 nitrogen and oxygen atoms in total. The second-order valence-electron chi connectivity index (χ2n) is 6.15. The maximum Gasteiger partial charge on any atom is 0.162 e. The first-order valence-corrected chi connectivity index (χ1v) is 9.15. The van der Waals surface area contributed by atoms with Crippen LogP contribution in [0.1, 0.15) is 29.9 Å². The van der Waals surface area contributed by atoms with Crippen molar-refractivity contribution in [3.05, 3.63) is 29.0 Å².